The number of benzene rings is 2. The van der Waals surface area contributed by atoms with E-state index in [1.165, 1.54) is 5.56 Å². The highest BCUT2D eigenvalue weighted by atomic mass is 32.1. The molecule has 1 atom stereocenters. The number of hydrogen-bond acceptors (Lipinski definition) is 3. The normalized spacial score (nSPS) is 11.5. The van der Waals surface area contributed by atoms with Crippen molar-refractivity contribution in [3.8, 4) is 11.5 Å². The Morgan fingerprint density at radius 1 is 1.04 bits per heavy atom. The fourth-order valence-electron chi connectivity index (χ4n) is 2.66. The van der Waals surface area contributed by atoms with Gasteiger partial charge >= 0.3 is 0 Å². The first-order valence-corrected chi connectivity index (χ1v) is 9.34. The Morgan fingerprint density at radius 3 is 2.35 bits per heavy atom. The third-order valence-corrected chi connectivity index (χ3v) is 4.74. The molecule has 0 aliphatic heterocycles. The van der Waals surface area contributed by atoms with Gasteiger partial charge in [-0.05, 0) is 66.4 Å². The first kappa shape index (κ1) is 20.0. The molecule has 1 unspecified atom stereocenters. The molecule has 0 radical (unpaired) electrons. The summed E-state index contributed by atoms with van der Waals surface area (Å²) in [5.74, 6) is 2.06. The monoisotopic (exact) mass is 372 g/mol. The van der Waals surface area contributed by atoms with Crippen LogP contribution in [0.3, 0.4) is 0 Å². The quantitative estimate of drug-likeness (QED) is 0.655. The van der Waals surface area contributed by atoms with Crippen molar-refractivity contribution < 1.29 is 9.47 Å². The van der Waals surface area contributed by atoms with Crippen molar-refractivity contribution in [3.63, 3.8) is 0 Å². The van der Waals surface area contributed by atoms with Crippen LogP contribution in [-0.4, -0.2) is 25.9 Å². The Kier molecular flexibility index (Phi) is 7.73. The van der Waals surface area contributed by atoms with E-state index in [1.54, 1.807) is 14.2 Å². The van der Waals surface area contributed by atoms with Crippen molar-refractivity contribution in [2.45, 2.75) is 32.6 Å². The predicted octanol–water partition coefficient (Wildman–Crippen LogP) is 4.75. The lowest BCUT2D eigenvalue weighted by Gasteiger charge is -2.13. The second-order valence-corrected chi connectivity index (χ2v) is 6.66. The molecule has 0 aliphatic carbocycles. The van der Waals surface area contributed by atoms with Crippen molar-refractivity contribution in [2.24, 2.45) is 0 Å². The minimum Gasteiger partial charge on any atom is -0.493 e. The minimum absolute atomic E-state index is 0.579. The molecule has 5 heteroatoms. The van der Waals surface area contributed by atoms with E-state index in [-0.39, 0.29) is 0 Å². The van der Waals surface area contributed by atoms with Crippen LogP contribution in [0.2, 0.25) is 0 Å². The lowest BCUT2D eigenvalue weighted by molar-refractivity contribution is 0.354. The third kappa shape index (κ3) is 5.63. The summed E-state index contributed by atoms with van der Waals surface area (Å²) in [4.78, 5) is 0. The second-order valence-electron chi connectivity index (χ2n) is 6.25. The number of hydrogen-bond donors (Lipinski definition) is 2. The molecule has 0 saturated carbocycles. The van der Waals surface area contributed by atoms with Crippen LogP contribution in [0.25, 0.3) is 0 Å². The third-order valence-electron chi connectivity index (χ3n) is 4.50. The molecule has 0 saturated heterocycles. The number of methoxy groups -OCH3 is 2. The van der Waals surface area contributed by atoms with Crippen LogP contribution in [0.15, 0.2) is 42.5 Å². The van der Waals surface area contributed by atoms with Gasteiger partial charge in [-0.25, -0.2) is 0 Å². The van der Waals surface area contributed by atoms with E-state index >= 15 is 0 Å². The summed E-state index contributed by atoms with van der Waals surface area (Å²) in [5, 5.41) is 7.10. The molecule has 0 bridgehead atoms. The van der Waals surface area contributed by atoms with E-state index in [1.807, 2.05) is 18.2 Å². The smallest absolute Gasteiger partial charge is 0.170 e. The lowest BCUT2D eigenvalue weighted by Crippen LogP contribution is -2.30. The van der Waals surface area contributed by atoms with Gasteiger partial charge in [0.15, 0.2) is 16.6 Å². The molecule has 0 fully saturated rings. The van der Waals surface area contributed by atoms with E-state index < -0.39 is 0 Å². The molecule has 0 aromatic heterocycles. The van der Waals surface area contributed by atoms with Gasteiger partial charge in [0.1, 0.15) is 0 Å². The van der Waals surface area contributed by atoms with Crippen molar-refractivity contribution in [1.82, 2.24) is 5.32 Å². The van der Waals surface area contributed by atoms with Crippen molar-refractivity contribution in [3.05, 3.63) is 53.6 Å². The van der Waals surface area contributed by atoms with Crippen molar-refractivity contribution >= 4 is 23.0 Å². The Bertz CT molecular complexity index is 716. The maximum Gasteiger partial charge on any atom is 0.170 e. The van der Waals surface area contributed by atoms with E-state index in [0.29, 0.717) is 11.0 Å². The summed E-state index contributed by atoms with van der Waals surface area (Å²) in [6.07, 6.45) is 1.98. The van der Waals surface area contributed by atoms with E-state index in [0.717, 1.165) is 42.1 Å². The van der Waals surface area contributed by atoms with E-state index in [4.69, 9.17) is 21.7 Å². The summed E-state index contributed by atoms with van der Waals surface area (Å²) >= 11 is 5.38. The van der Waals surface area contributed by atoms with E-state index in [2.05, 4.69) is 48.7 Å². The fourth-order valence-corrected chi connectivity index (χ4v) is 2.88. The summed E-state index contributed by atoms with van der Waals surface area (Å²) < 4.78 is 10.6. The van der Waals surface area contributed by atoms with Gasteiger partial charge in [0.05, 0.1) is 14.2 Å². The maximum absolute atomic E-state index is 5.38. The maximum atomic E-state index is 5.38. The topological polar surface area (TPSA) is 42.5 Å². The van der Waals surface area contributed by atoms with Gasteiger partial charge < -0.3 is 20.1 Å². The average Bonchev–Trinajstić information content (AvgIpc) is 2.67. The first-order valence-electron chi connectivity index (χ1n) is 8.93. The van der Waals surface area contributed by atoms with Crippen LogP contribution in [0.1, 0.15) is 37.3 Å². The van der Waals surface area contributed by atoms with Gasteiger partial charge in [0, 0.05) is 12.2 Å². The Balaban J connectivity index is 1.82. The van der Waals surface area contributed by atoms with Gasteiger partial charge in [0.25, 0.3) is 0 Å². The zero-order valence-electron chi connectivity index (χ0n) is 16.0. The van der Waals surface area contributed by atoms with Crippen LogP contribution >= 0.6 is 12.2 Å². The Morgan fingerprint density at radius 2 is 1.73 bits per heavy atom. The number of ether oxygens (including phenoxy) is 2. The number of rotatable bonds is 8. The zero-order valence-corrected chi connectivity index (χ0v) is 16.8. The van der Waals surface area contributed by atoms with Gasteiger partial charge in [0.2, 0.25) is 0 Å². The molecule has 4 nitrogen and oxygen atoms in total. The first-order chi connectivity index (χ1) is 12.6. The number of nitrogens with one attached hydrogen (secondary N) is 2. The Hall–Kier alpha value is -2.27. The van der Waals surface area contributed by atoms with E-state index in [9.17, 15) is 0 Å². The molecule has 2 aromatic rings. The standard InChI is InChI=1S/C21H28N2O2S/c1-5-15(2)17-7-9-18(10-8-17)23-21(26)22-13-12-16-6-11-19(24-3)20(14-16)25-4/h6-11,14-15H,5,12-13H2,1-4H3,(H2,22,23,26). The van der Waals surface area contributed by atoms with Gasteiger partial charge in [-0.2, -0.15) is 0 Å². The second kappa shape index (κ2) is 10.0. The van der Waals surface area contributed by atoms with Gasteiger partial charge in [-0.15, -0.1) is 0 Å². The Labute approximate surface area is 161 Å². The molecule has 2 rings (SSSR count). The molecule has 0 amide bonds. The van der Waals surface area contributed by atoms with Crippen LogP contribution in [-0.2, 0) is 6.42 Å². The number of anilines is 1. The van der Waals surface area contributed by atoms with Crippen LogP contribution in [0.5, 0.6) is 11.5 Å². The summed E-state index contributed by atoms with van der Waals surface area (Å²) in [6.45, 7) is 5.18. The summed E-state index contributed by atoms with van der Waals surface area (Å²) in [7, 11) is 3.28. The highest BCUT2D eigenvalue weighted by molar-refractivity contribution is 7.80. The van der Waals surface area contributed by atoms with Crippen LogP contribution < -0.4 is 20.1 Å². The lowest BCUT2D eigenvalue weighted by atomic mass is 9.99. The molecule has 2 aromatic carbocycles. The molecule has 2 N–H and O–H groups in total. The highest BCUT2D eigenvalue weighted by Gasteiger charge is 2.05. The summed E-state index contributed by atoms with van der Waals surface area (Å²) in [6, 6.07) is 14.4. The summed E-state index contributed by atoms with van der Waals surface area (Å²) in [5.41, 5.74) is 3.52. The molecule has 0 spiro atoms. The average molecular weight is 373 g/mol. The molecule has 140 valence electrons. The molecular weight excluding hydrogens is 344 g/mol. The SMILES string of the molecule is CCC(C)c1ccc(NC(=S)NCCc2ccc(OC)c(OC)c2)cc1. The van der Waals surface area contributed by atoms with Crippen molar-refractivity contribution in [1.29, 1.82) is 0 Å². The largest absolute Gasteiger partial charge is 0.493 e. The van der Waals surface area contributed by atoms with Gasteiger partial charge in [-0.1, -0.05) is 32.0 Å². The van der Waals surface area contributed by atoms with Crippen LogP contribution in [0.4, 0.5) is 5.69 Å². The molecule has 0 aliphatic rings. The fraction of sp³-hybridized carbons (Fsp3) is 0.381. The minimum atomic E-state index is 0.579. The molecule has 26 heavy (non-hydrogen) atoms. The van der Waals surface area contributed by atoms with Crippen LogP contribution in [0, 0.1) is 0 Å². The van der Waals surface area contributed by atoms with Crippen molar-refractivity contribution in [2.75, 3.05) is 26.1 Å². The number of thiocarbonyl (C=S) groups is 1. The predicted molar refractivity (Wildman–Crippen MR) is 113 cm³/mol. The molecule has 0 heterocycles. The zero-order chi connectivity index (χ0) is 18.9. The van der Waals surface area contributed by atoms with Gasteiger partial charge in [-0.3, -0.25) is 0 Å². The molecular formula is C21H28N2O2S. The highest BCUT2D eigenvalue weighted by Crippen LogP contribution is 2.27.